The Morgan fingerprint density at radius 2 is 0.880 bits per heavy atom. The second-order valence-electron chi connectivity index (χ2n) is 31.3. The number of ketones is 1. The van der Waals surface area contributed by atoms with Crippen molar-refractivity contribution in [2.24, 2.45) is 45.3 Å². The van der Waals surface area contributed by atoms with Gasteiger partial charge in [0.05, 0.1) is 57.5 Å². The number of fused-ring (bicyclic) bond motifs is 5. The molecule has 34 heteroatoms. The van der Waals surface area contributed by atoms with Gasteiger partial charge in [-0.05, 0) is 93.3 Å². The topological polar surface area (TPSA) is 553 Å². The van der Waals surface area contributed by atoms with Crippen molar-refractivity contribution in [1.29, 1.82) is 0 Å². The van der Waals surface area contributed by atoms with Gasteiger partial charge in [0.25, 0.3) is 0 Å². The Bertz CT molecular complexity index is 2720. The molecule has 39 atom stereocenters. The van der Waals surface area contributed by atoms with E-state index in [-0.39, 0.29) is 42.3 Å². The fourth-order valence-corrected chi connectivity index (χ4v) is 18.2. The molecular formula is C66H110O34. The van der Waals surface area contributed by atoms with Crippen molar-refractivity contribution in [2.45, 2.75) is 309 Å². The number of Topliss-reactive ketones (excluding diaryl/α,β-unsaturated/α-hetero) is 1. The zero-order chi connectivity index (χ0) is 73.5. The molecule has 4 aliphatic carbocycles. The molecule has 34 nitrogen and oxygen atoms in total. The van der Waals surface area contributed by atoms with E-state index in [1.165, 1.54) is 13.8 Å². The van der Waals surface area contributed by atoms with Crippen LogP contribution in [-0.2, 0) is 61.6 Å². The fourth-order valence-electron chi connectivity index (χ4n) is 18.2. The van der Waals surface area contributed by atoms with E-state index in [1.54, 1.807) is 0 Å². The van der Waals surface area contributed by atoms with E-state index in [1.807, 2.05) is 13.8 Å². The van der Waals surface area contributed by atoms with Gasteiger partial charge in [0.1, 0.15) is 152 Å². The summed E-state index contributed by atoms with van der Waals surface area (Å²) in [5.41, 5.74) is -3.50. The molecule has 0 radical (unpaired) electrons. The van der Waals surface area contributed by atoms with Crippen molar-refractivity contribution in [3.8, 4) is 0 Å². The maximum Gasteiger partial charge on any atom is 0.187 e. The van der Waals surface area contributed by atoms with E-state index in [9.17, 15) is 107 Å². The highest BCUT2D eigenvalue weighted by molar-refractivity contribution is 5.88. The van der Waals surface area contributed by atoms with Crippen molar-refractivity contribution in [2.75, 3.05) is 39.6 Å². The third-order valence-electron chi connectivity index (χ3n) is 24.7. The lowest BCUT2D eigenvalue weighted by molar-refractivity contribution is -0.380. The molecule has 21 N–H and O–H groups in total. The van der Waals surface area contributed by atoms with Crippen molar-refractivity contribution in [3.05, 3.63) is 11.6 Å². The molecule has 0 aromatic rings. The predicted octanol–water partition coefficient (Wildman–Crippen LogP) is -7.38. The Morgan fingerprint density at radius 1 is 0.480 bits per heavy atom. The Balaban J connectivity index is 0.853. The molecule has 100 heavy (non-hydrogen) atoms. The summed E-state index contributed by atoms with van der Waals surface area (Å²) in [7, 11) is 0. The van der Waals surface area contributed by atoms with E-state index >= 15 is 4.79 Å². The monoisotopic (exact) mass is 1450 g/mol. The highest BCUT2D eigenvalue weighted by Crippen LogP contribution is 2.74. The standard InChI is InChI=1S/C66H110O34/c1-24(9-13-37(63(4,5)88)98-61-55(100-59-53(87)47(81)41(75)31(21-70)94-59)49(83)43(77)33(96-61)23-90-57-51(85)45(79)39(73)29(19-68)92-57)25-15-16-64(6)34-12-10-26-27(66(34,8)35(71)17-65(25,64)7)11-14-36(62(26,2)3)97-60-54(99-58-52(86)46(80)40(74)30(20-69)93-58)48(82)42(76)32(95-60)22-89-56-50(84)44(78)38(72)28(18-67)91-56/h10,24-25,27-34,36-61,67-70,72-88H,9,11-23H2,1-8H3/t24-,25?,27?,28-,29-,30+,31+,32-,33-,34?,36+,37-,38-,39-,40+,41+,42-,43-,44+,45+,46-,47-,48+,49+,50-,51-,52+,53+,54-,55-,56-,57-,58?,59-,60+,61+,64+,65-,66+/m1/s1. The summed E-state index contributed by atoms with van der Waals surface area (Å²) < 4.78 is 71.8. The van der Waals surface area contributed by atoms with E-state index in [0.29, 0.717) is 25.7 Å². The van der Waals surface area contributed by atoms with Gasteiger partial charge >= 0.3 is 0 Å². The van der Waals surface area contributed by atoms with Crippen molar-refractivity contribution in [3.63, 3.8) is 0 Å². The first-order chi connectivity index (χ1) is 46.9. The van der Waals surface area contributed by atoms with Crippen LogP contribution in [0.15, 0.2) is 11.6 Å². The van der Waals surface area contributed by atoms with Gasteiger partial charge in [-0.15, -0.1) is 0 Å². The Hall–Kier alpha value is -1.91. The van der Waals surface area contributed by atoms with Gasteiger partial charge in [-0.2, -0.15) is 0 Å². The number of aliphatic hydroxyl groups excluding tert-OH is 20. The molecule has 0 spiro atoms. The first-order valence-corrected chi connectivity index (χ1v) is 34.9. The lowest BCUT2D eigenvalue weighted by atomic mass is 9.38. The third-order valence-corrected chi connectivity index (χ3v) is 24.7. The minimum absolute atomic E-state index is 0.0533. The largest absolute Gasteiger partial charge is 0.394 e. The molecule has 6 heterocycles. The van der Waals surface area contributed by atoms with Gasteiger partial charge in [-0.25, -0.2) is 0 Å². The Labute approximate surface area is 578 Å². The summed E-state index contributed by atoms with van der Waals surface area (Å²) in [4.78, 5) is 15.6. The minimum Gasteiger partial charge on any atom is -0.394 e. The molecule has 9 fully saturated rings. The lowest BCUT2D eigenvalue weighted by Gasteiger charge is -2.65. The molecular weight excluding hydrogens is 1340 g/mol. The zero-order valence-corrected chi connectivity index (χ0v) is 57.5. The third kappa shape index (κ3) is 14.7. The second kappa shape index (κ2) is 31.4. The van der Waals surface area contributed by atoms with E-state index in [4.69, 9.17) is 56.8 Å². The van der Waals surface area contributed by atoms with Crippen LogP contribution in [0.1, 0.15) is 107 Å². The van der Waals surface area contributed by atoms with Gasteiger partial charge < -0.3 is 164 Å². The van der Waals surface area contributed by atoms with E-state index < -0.39 is 263 Å². The SMILES string of the molecule is C[C@H](CC[C@@H](O[C@@H]1O[C@H](CO[C@@H]2O[C@H](CO)[C@@H](O)[C@H](O)[C@H]2O)[C@@H](O)[C@H](O)[C@H]1O[C@H]1O[C@@H](CO)[C@H](O)[C@@H](O)[C@@H]1O)C(C)(C)O)C1CC[C@@]2(C)C3CC=C4C(CC[C@H](O[C@@H]5O[C@H](CO[C@@H]6O[C@H](CO)[C@@H](O)[C@H](O)[C@H]6O)[C@@H](O)[C@H](O)[C@H]5OC5O[C@@H](CO)[C@H](O)[C@@H](O)[C@@H]5O)C4(C)C)[C@]3(C)C(=O)C[C@]12C. The van der Waals surface area contributed by atoms with Crippen LogP contribution in [0, 0.1) is 45.3 Å². The van der Waals surface area contributed by atoms with Crippen LogP contribution in [0.5, 0.6) is 0 Å². The van der Waals surface area contributed by atoms with Crippen LogP contribution in [-0.4, -0.2) is 355 Å². The molecule has 0 aromatic carbocycles. The Kier molecular flexibility index (Phi) is 25.3. The lowest BCUT2D eigenvalue weighted by Crippen LogP contribution is -2.66. The second-order valence-corrected chi connectivity index (χ2v) is 31.3. The molecule has 4 unspecified atom stereocenters. The summed E-state index contributed by atoms with van der Waals surface area (Å²) in [6.07, 6.45) is -48.7. The average molecular weight is 1450 g/mol. The number of rotatable bonds is 23. The summed E-state index contributed by atoms with van der Waals surface area (Å²) in [6.45, 7) is 10.9. The predicted molar refractivity (Wildman–Crippen MR) is 332 cm³/mol. The summed E-state index contributed by atoms with van der Waals surface area (Å²) in [5, 5.41) is 226. The van der Waals surface area contributed by atoms with Crippen LogP contribution < -0.4 is 0 Å². The van der Waals surface area contributed by atoms with E-state index in [0.717, 1.165) is 18.4 Å². The molecule has 0 amide bonds. The summed E-state index contributed by atoms with van der Waals surface area (Å²) in [6, 6.07) is 0. The van der Waals surface area contributed by atoms with Crippen molar-refractivity contribution in [1.82, 2.24) is 0 Å². The number of ether oxygens (including phenoxy) is 12. The van der Waals surface area contributed by atoms with Gasteiger partial charge in [0.2, 0.25) is 0 Å². The maximum absolute atomic E-state index is 15.6. The highest BCUT2D eigenvalue weighted by atomic mass is 16.8. The van der Waals surface area contributed by atoms with Crippen molar-refractivity contribution < 1.29 is 169 Å². The van der Waals surface area contributed by atoms with Gasteiger partial charge in [-0.1, -0.05) is 53.2 Å². The van der Waals surface area contributed by atoms with Crippen molar-refractivity contribution >= 4 is 5.78 Å². The number of hydrogen-bond acceptors (Lipinski definition) is 34. The number of carbonyl (C=O) groups excluding carboxylic acids is 1. The van der Waals surface area contributed by atoms with Gasteiger partial charge in [0, 0.05) is 17.3 Å². The first-order valence-electron chi connectivity index (χ1n) is 34.9. The van der Waals surface area contributed by atoms with Crippen LogP contribution in [0.4, 0.5) is 0 Å². The Morgan fingerprint density at radius 3 is 1.32 bits per heavy atom. The summed E-state index contributed by atoms with van der Waals surface area (Å²) in [5.74, 6) is -0.546. The van der Waals surface area contributed by atoms with Crippen LogP contribution in [0.3, 0.4) is 0 Å². The molecule has 578 valence electrons. The zero-order valence-electron chi connectivity index (χ0n) is 57.5. The molecule has 6 aliphatic heterocycles. The molecule has 0 bridgehead atoms. The van der Waals surface area contributed by atoms with Crippen LogP contribution in [0.25, 0.3) is 0 Å². The number of aliphatic hydroxyl groups is 21. The van der Waals surface area contributed by atoms with E-state index in [2.05, 4.69) is 33.8 Å². The molecule has 10 rings (SSSR count). The molecule has 6 saturated heterocycles. The average Bonchev–Trinajstić information content (AvgIpc) is 1.33. The first kappa shape index (κ1) is 80.6. The fraction of sp³-hybridized carbons (Fsp3) is 0.955. The van der Waals surface area contributed by atoms with Gasteiger partial charge in [-0.3, -0.25) is 4.79 Å². The molecule has 0 aromatic heterocycles. The highest BCUT2D eigenvalue weighted by Gasteiger charge is 2.71. The summed E-state index contributed by atoms with van der Waals surface area (Å²) >= 11 is 0. The number of allylic oxidation sites excluding steroid dienone is 1. The number of carbonyl (C=O) groups is 1. The quantitative estimate of drug-likeness (QED) is 0.0423. The van der Waals surface area contributed by atoms with Crippen LogP contribution in [0.2, 0.25) is 0 Å². The van der Waals surface area contributed by atoms with Gasteiger partial charge in [0.15, 0.2) is 37.7 Å². The smallest absolute Gasteiger partial charge is 0.187 e. The minimum atomic E-state index is -1.99. The molecule has 3 saturated carbocycles. The van der Waals surface area contributed by atoms with Crippen LogP contribution >= 0.6 is 0 Å². The normalized spacial score (nSPS) is 51.3. The number of hydrogen-bond donors (Lipinski definition) is 21. The maximum atomic E-state index is 15.6. The molecule has 10 aliphatic rings.